The van der Waals surface area contributed by atoms with E-state index in [0.717, 1.165) is 12.1 Å². The fraction of sp³-hybridized carbons (Fsp3) is 0.182. The lowest BCUT2D eigenvalue weighted by molar-refractivity contribution is -0.137. The van der Waals surface area contributed by atoms with Gasteiger partial charge in [-0.2, -0.15) is 13.2 Å². The van der Waals surface area contributed by atoms with Crippen LogP contribution >= 0.6 is 0 Å². The molecule has 0 radical (unpaired) electrons. The SMILES string of the molecule is O=CCC#Cc1cc(F)cc(C(F)(F)F)c1. The summed E-state index contributed by atoms with van der Waals surface area (Å²) in [6.45, 7) is 0. The second-order valence-corrected chi connectivity index (χ2v) is 2.90. The highest BCUT2D eigenvalue weighted by Crippen LogP contribution is 2.30. The largest absolute Gasteiger partial charge is 0.416 e. The third-order valence-electron chi connectivity index (χ3n) is 1.64. The van der Waals surface area contributed by atoms with E-state index in [1.807, 2.05) is 0 Å². The first-order valence-corrected chi connectivity index (χ1v) is 4.24. The van der Waals surface area contributed by atoms with Crippen molar-refractivity contribution in [2.24, 2.45) is 0 Å². The van der Waals surface area contributed by atoms with E-state index in [4.69, 9.17) is 0 Å². The zero-order valence-corrected chi connectivity index (χ0v) is 7.94. The lowest BCUT2D eigenvalue weighted by Gasteiger charge is -2.06. The van der Waals surface area contributed by atoms with Crippen LogP contribution in [0.3, 0.4) is 0 Å². The molecule has 0 saturated heterocycles. The second-order valence-electron chi connectivity index (χ2n) is 2.90. The molecule has 0 aliphatic rings. The Bertz CT molecular complexity index is 451. The van der Waals surface area contributed by atoms with Crippen LogP contribution in [0.1, 0.15) is 17.5 Å². The standard InChI is InChI=1S/C11H6F4O/c12-10-6-8(3-1-2-4-16)5-9(7-10)11(13,14)15/h4-7H,2H2. The van der Waals surface area contributed by atoms with E-state index in [1.54, 1.807) is 0 Å². The Morgan fingerprint density at radius 3 is 2.50 bits per heavy atom. The minimum Gasteiger partial charge on any atom is -0.302 e. The van der Waals surface area contributed by atoms with Crippen molar-refractivity contribution < 1.29 is 22.4 Å². The van der Waals surface area contributed by atoms with Gasteiger partial charge >= 0.3 is 6.18 Å². The third kappa shape index (κ3) is 3.39. The third-order valence-corrected chi connectivity index (χ3v) is 1.64. The van der Waals surface area contributed by atoms with Crippen LogP contribution in [-0.4, -0.2) is 6.29 Å². The van der Waals surface area contributed by atoms with Crippen molar-refractivity contribution >= 4 is 6.29 Å². The summed E-state index contributed by atoms with van der Waals surface area (Å²) in [6.07, 6.45) is -4.20. The summed E-state index contributed by atoms with van der Waals surface area (Å²) in [6, 6.07) is 2.01. The average Bonchev–Trinajstić information content (AvgIpc) is 2.16. The van der Waals surface area contributed by atoms with Gasteiger partial charge in [-0.1, -0.05) is 11.8 Å². The summed E-state index contributed by atoms with van der Waals surface area (Å²) in [5.41, 5.74) is -1.20. The van der Waals surface area contributed by atoms with Crippen LogP contribution in [0.15, 0.2) is 18.2 Å². The van der Waals surface area contributed by atoms with Crippen molar-refractivity contribution in [3.63, 3.8) is 0 Å². The number of carbonyl (C=O) groups is 1. The summed E-state index contributed by atoms with van der Waals surface area (Å²) < 4.78 is 49.6. The van der Waals surface area contributed by atoms with Crippen LogP contribution < -0.4 is 0 Å². The molecule has 0 atom stereocenters. The van der Waals surface area contributed by atoms with Crippen LogP contribution in [0.4, 0.5) is 17.6 Å². The first-order valence-electron chi connectivity index (χ1n) is 4.24. The highest BCUT2D eigenvalue weighted by atomic mass is 19.4. The van der Waals surface area contributed by atoms with E-state index in [2.05, 4.69) is 11.8 Å². The lowest BCUT2D eigenvalue weighted by Crippen LogP contribution is -2.05. The minimum atomic E-state index is -4.61. The van der Waals surface area contributed by atoms with Gasteiger partial charge in [0.1, 0.15) is 12.1 Å². The predicted molar refractivity (Wildman–Crippen MR) is 49.0 cm³/mol. The molecule has 0 amide bonds. The molecule has 5 heteroatoms. The first kappa shape index (κ1) is 12.2. The van der Waals surface area contributed by atoms with Gasteiger partial charge in [-0.25, -0.2) is 4.39 Å². The Morgan fingerprint density at radius 2 is 1.94 bits per heavy atom. The van der Waals surface area contributed by atoms with E-state index in [0.29, 0.717) is 12.4 Å². The van der Waals surface area contributed by atoms with Crippen LogP contribution in [0.5, 0.6) is 0 Å². The van der Waals surface area contributed by atoms with Gasteiger partial charge in [0.2, 0.25) is 0 Å². The molecule has 0 spiro atoms. The maximum atomic E-state index is 12.8. The molecule has 1 aromatic carbocycles. The van der Waals surface area contributed by atoms with E-state index in [9.17, 15) is 22.4 Å². The Kier molecular flexibility index (Phi) is 3.67. The molecular formula is C11H6F4O. The van der Waals surface area contributed by atoms with Crippen molar-refractivity contribution in [1.29, 1.82) is 0 Å². The molecule has 0 aromatic heterocycles. The second kappa shape index (κ2) is 4.79. The zero-order valence-electron chi connectivity index (χ0n) is 7.94. The van der Waals surface area contributed by atoms with Gasteiger partial charge in [0.15, 0.2) is 0 Å². The van der Waals surface area contributed by atoms with Crippen LogP contribution in [-0.2, 0) is 11.0 Å². The number of halogens is 4. The van der Waals surface area contributed by atoms with Crippen LogP contribution in [0, 0.1) is 17.7 Å². The summed E-state index contributed by atoms with van der Waals surface area (Å²) in [4.78, 5) is 9.93. The van der Waals surface area contributed by atoms with Gasteiger partial charge in [0, 0.05) is 5.56 Å². The van der Waals surface area contributed by atoms with Crippen molar-refractivity contribution in [2.75, 3.05) is 0 Å². The number of benzene rings is 1. The van der Waals surface area contributed by atoms with Crippen molar-refractivity contribution in [1.82, 2.24) is 0 Å². The Hall–Kier alpha value is -1.83. The molecule has 1 aromatic rings. The Morgan fingerprint density at radius 1 is 1.25 bits per heavy atom. The molecule has 16 heavy (non-hydrogen) atoms. The predicted octanol–water partition coefficient (Wildman–Crippen LogP) is 2.79. The smallest absolute Gasteiger partial charge is 0.302 e. The van der Waals surface area contributed by atoms with Crippen LogP contribution in [0.2, 0.25) is 0 Å². The number of aldehydes is 1. The Balaban J connectivity index is 3.10. The molecule has 0 unspecified atom stereocenters. The number of rotatable bonds is 1. The molecular weight excluding hydrogens is 224 g/mol. The summed E-state index contributed by atoms with van der Waals surface area (Å²) in [7, 11) is 0. The summed E-state index contributed by atoms with van der Waals surface area (Å²) in [5.74, 6) is 3.57. The van der Waals surface area contributed by atoms with E-state index >= 15 is 0 Å². The van der Waals surface area contributed by atoms with Crippen molar-refractivity contribution in [2.45, 2.75) is 12.6 Å². The lowest BCUT2D eigenvalue weighted by atomic mass is 10.1. The van der Waals surface area contributed by atoms with Gasteiger partial charge < -0.3 is 4.79 Å². The molecule has 0 heterocycles. The highest BCUT2D eigenvalue weighted by Gasteiger charge is 2.31. The summed E-state index contributed by atoms with van der Waals surface area (Å²) in [5, 5.41) is 0. The molecule has 0 fully saturated rings. The van der Waals surface area contributed by atoms with Gasteiger partial charge in [-0.15, -0.1) is 0 Å². The van der Waals surface area contributed by atoms with Crippen LogP contribution in [0.25, 0.3) is 0 Å². The van der Waals surface area contributed by atoms with Gasteiger partial charge in [-0.3, -0.25) is 0 Å². The van der Waals surface area contributed by atoms with Crippen molar-refractivity contribution in [3.05, 3.63) is 35.1 Å². The molecule has 0 saturated carbocycles. The molecule has 0 aliphatic heterocycles. The molecule has 0 bridgehead atoms. The molecule has 1 rings (SSSR count). The average molecular weight is 230 g/mol. The number of hydrogen-bond acceptors (Lipinski definition) is 1. The molecule has 1 nitrogen and oxygen atoms in total. The topological polar surface area (TPSA) is 17.1 Å². The van der Waals surface area contributed by atoms with E-state index in [1.165, 1.54) is 0 Å². The zero-order chi connectivity index (χ0) is 12.2. The monoisotopic (exact) mass is 230 g/mol. The van der Waals surface area contributed by atoms with Gasteiger partial charge in [0.05, 0.1) is 12.0 Å². The maximum absolute atomic E-state index is 12.8. The van der Waals surface area contributed by atoms with Crippen molar-refractivity contribution in [3.8, 4) is 11.8 Å². The summed E-state index contributed by atoms with van der Waals surface area (Å²) >= 11 is 0. The highest BCUT2D eigenvalue weighted by molar-refractivity contribution is 5.55. The number of alkyl halides is 3. The van der Waals surface area contributed by atoms with Gasteiger partial charge in [-0.05, 0) is 18.2 Å². The Labute approximate surface area is 89.1 Å². The minimum absolute atomic E-state index is 0.0993. The fourth-order valence-electron chi connectivity index (χ4n) is 1.02. The van der Waals surface area contributed by atoms with E-state index in [-0.39, 0.29) is 12.0 Å². The number of carbonyl (C=O) groups excluding carboxylic acids is 1. The van der Waals surface area contributed by atoms with E-state index < -0.39 is 17.6 Å². The normalized spacial score (nSPS) is 10.5. The maximum Gasteiger partial charge on any atom is 0.416 e. The molecule has 0 aliphatic carbocycles. The quantitative estimate of drug-likeness (QED) is 0.412. The first-order chi connectivity index (χ1) is 7.43. The van der Waals surface area contributed by atoms with Gasteiger partial charge in [0.25, 0.3) is 0 Å². The molecule has 84 valence electrons. The fourth-order valence-corrected chi connectivity index (χ4v) is 1.02. The number of hydrogen-bond donors (Lipinski definition) is 0. The molecule has 0 N–H and O–H groups in total.